The minimum Gasteiger partial charge on any atom is -0.508 e. The third kappa shape index (κ3) is 4.63. The summed E-state index contributed by atoms with van der Waals surface area (Å²) in [5.74, 6) is -5.36. The smallest absolute Gasteiger partial charge is 0.411 e. The topological polar surface area (TPSA) is 109 Å². The Morgan fingerprint density at radius 2 is 0.857 bits per heavy atom. The van der Waals surface area contributed by atoms with Crippen LogP contribution in [0.3, 0.4) is 0 Å². The molecule has 2 N–H and O–H groups in total. The summed E-state index contributed by atoms with van der Waals surface area (Å²) in [5.41, 5.74) is -10.2. The summed E-state index contributed by atoms with van der Waals surface area (Å²) in [6.45, 7) is 0. The molecule has 6 nitrogen and oxygen atoms in total. The third-order valence-corrected chi connectivity index (χ3v) is 8.88. The first-order valence-corrected chi connectivity index (χ1v) is 14.2. The van der Waals surface area contributed by atoms with E-state index >= 15 is 26.3 Å². The zero-order valence-corrected chi connectivity index (χ0v) is 24.5. The van der Waals surface area contributed by atoms with Crippen LogP contribution in [0.4, 0.5) is 26.3 Å². The number of ketones is 4. The first-order chi connectivity index (χ1) is 23.0. The van der Waals surface area contributed by atoms with Crippen molar-refractivity contribution >= 4 is 23.1 Å². The van der Waals surface area contributed by atoms with Crippen molar-refractivity contribution in [1.29, 1.82) is 0 Å². The number of alkyl halides is 6. The maximum atomic E-state index is 15.2. The van der Waals surface area contributed by atoms with Gasteiger partial charge in [-0.2, -0.15) is 26.3 Å². The van der Waals surface area contributed by atoms with Gasteiger partial charge in [-0.15, -0.1) is 12.8 Å². The van der Waals surface area contributed by atoms with Crippen molar-refractivity contribution in [1.82, 2.24) is 0 Å². The van der Waals surface area contributed by atoms with Crippen LogP contribution in [0, 0.1) is 24.7 Å². The normalized spacial score (nSPS) is 17.5. The zero-order chi connectivity index (χ0) is 35.8. The number of carbonyl (C=O) groups excluding carboxylic acids is 4. The van der Waals surface area contributed by atoms with Crippen molar-refractivity contribution in [3.8, 4) is 36.2 Å². The lowest BCUT2D eigenvalue weighted by Crippen LogP contribution is -2.55. The van der Waals surface area contributed by atoms with Crippen molar-refractivity contribution in [2.24, 2.45) is 0 Å². The van der Waals surface area contributed by atoms with Crippen molar-refractivity contribution in [2.75, 3.05) is 0 Å². The molecular formula is C37H18F6O6. The van der Waals surface area contributed by atoms with Gasteiger partial charge in [0.1, 0.15) is 23.3 Å². The molecule has 4 aromatic carbocycles. The predicted octanol–water partition coefficient (Wildman–Crippen LogP) is 6.80. The van der Waals surface area contributed by atoms with Gasteiger partial charge in [0.05, 0.1) is 0 Å². The Morgan fingerprint density at radius 1 is 0.510 bits per heavy atom. The maximum absolute atomic E-state index is 15.2. The average molecular weight is 673 g/mol. The van der Waals surface area contributed by atoms with Crippen LogP contribution in [0.2, 0.25) is 0 Å². The number of hydrogen-bond donors (Lipinski definition) is 2. The molecule has 2 aliphatic rings. The summed E-state index contributed by atoms with van der Waals surface area (Å²) in [5, 5.41) is 21.3. The molecule has 0 saturated heterocycles. The Labute approximate surface area is 273 Å². The molecule has 2 atom stereocenters. The van der Waals surface area contributed by atoms with Gasteiger partial charge in [0, 0.05) is 44.5 Å². The lowest BCUT2D eigenvalue weighted by atomic mass is 9.71. The number of phenols is 2. The first-order valence-electron chi connectivity index (χ1n) is 14.2. The molecule has 4 aromatic rings. The molecule has 0 bridgehead atoms. The SMILES string of the molecule is C#Cc1ccc2c(c1)C(=O)C(c1cc(C(c3ccc(O)c(C4C(=O)c5ccc(C#C)cc5C4=O)c3)(C(F)(F)F)C(F)(F)F)ccc1O)C2=O. The Bertz CT molecular complexity index is 2090. The molecule has 0 radical (unpaired) electrons. The molecule has 0 heterocycles. The molecule has 12 heteroatoms. The molecule has 0 fully saturated rings. The van der Waals surface area contributed by atoms with Crippen LogP contribution in [0.5, 0.6) is 11.5 Å². The second-order valence-electron chi connectivity index (χ2n) is 11.4. The second-order valence-corrected chi connectivity index (χ2v) is 11.4. The van der Waals surface area contributed by atoms with E-state index in [0.717, 1.165) is 0 Å². The van der Waals surface area contributed by atoms with E-state index in [1.54, 1.807) is 0 Å². The Morgan fingerprint density at radius 3 is 1.18 bits per heavy atom. The fourth-order valence-corrected chi connectivity index (χ4v) is 6.55. The highest BCUT2D eigenvalue weighted by molar-refractivity contribution is 6.30. The van der Waals surface area contributed by atoms with E-state index < -0.39 is 86.5 Å². The summed E-state index contributed by atoms with van der Waals surface area (Å²) in [7, 11) is 0. The lowest BCUT2D eigenvalue weighted by Gasteiger charge is -2.39. The fraction of sp³-hybridized carbons (Fsp3) is 0.135. The molecule has 0 saturated carbocycles. The molecule has 2 aliphatic carbocycles. The fourth-order valence-electron chi connectivity index (χ4n) is 6.55. The monoisotopic (exact) mass is 672 g/mol. The number of terminal acetylenes is 2. The summed E-state index contributed by atoms with van der Waals surface area (Å²) < 4.78 is 91.3. The van der Waals surface area contributed by atoms with Crippen LogP contribution in [-0.2, 0) is 5.41 Å². The van der Waals surface area contributed by atoms with Crippen molar-refractivity contribution in [3.63, 3.8) is 0 Å². The lowest BCUT2D eigenvalue weighted by molar-refractivity contribution is -0.288. The quantitative estimate of drug-likeness (QED) is 0.140. The summed E-state index contributed by atoms with van der Waals surface area (Å²) >= 11 is 0. The third-order valence-electron chi connectivity index (χ3n) is 8.88. The molecule has 2 unspecified atom stereocenters. The molecule has 0 aliphatic heterocycles. The Hall–Kier alpha value is -6.14. The van der Waals surface area contributed by atoms with Gasteiger partial charge < -0.3 is 10.2 Å². The van der Waals surface area contributed by atoms with Crippen molar-refractivity contribution in [2.45, 2.75) is 29.6 Å². The number of carbonyl (C=O) groups is 4. The molecular weight excluding hydrogens is 654 g/mol. The van der Waals surface area contributed by atoms with Crippen LogP contribution in [-0.4, -0.2) is 45.7 Å². The van der Waals surface area contributed by atoms with Crippen LogP contribution in [0.25, 0.3) is 0 Å². The largest absolute Gasteiger partial charge is 0.508 e. The Balaban J connectivity index is 1.56. The van der Waals surface area contributed by atoms with Crippen LogP contribution >= 0.6 is 0 Å². The van der Waals surface area contributed by atoms with Gasteiger partial charge in [-0.3, -0.25) is 19.2 Å². The highest BCUT2D eigenvalue weighted by atomic mass is 19.4. The number of hydrogen-bond acceptors (Lipinski definition) is 6. The van der Waals surface area contributed by atoms with E-state index in [-0.39, 0.29) is 45.5 Å². The van der Waals surface area contributed by atoms with E-state index in [2.05, 4.69) is 11.8 Å². The average Bonchev–Trinajstić information content (AvgIpc) is 3.44. The van der Waals surface area contributed by atoms with E-state index in [1.807, 2.05) is 0 Å². The van der Waals surface area contributed by atoms with Gasteiger partial charge in [0.2, 0.25) is 5.41 Å². The number of aromatic hydroxyl groups is 2. The van der Waals surface area contributed by atoms with Crippen LogP contribution in [0.1, 0.15) is 86.6 Å². The molecule has 6 rings (SSSR count). The maximum Gasteiger partial charge on any atom is 0.411 e. The molecule has 244 valence electrons. The van der Waals surface area contributed by atoms with Gasteiger partial charge in [-0.1, -0.05) is 24.0 Å². The van der Waals surface area contributed by atoms with E-state index in [0.29, 0.717) is 24.3 Å². The number of rotatable bonds is 4. The number of benzene rings is 4. The molecule has 0 spiro atoms. The van der Waals surface area contributed by atoms with Crippen LogP contribution < -0.4 is 0 Å². The molecule has 0 amide bonds. The summed E-state index contributed by atoms with van der Waals surface area (Å²) in [6.07, 6.45) is -1.73. The second kappa shape index (κ2) is 11.0. The summed E-state index contributed by atoms with van der Waals surface area (Å²) in [4.78, 5) is 53.2. The number of phenolic OH excluding ortho intramolecular Hbond substituents is 2. The van der Waals surface area contributed by atoms with Gasteiger partial charge in [0.25, 0.3) is 0 Å². The minimum absolute atomic E-state index is 0.175. The van der Waals surface area contributed by atoms with E-state index in [4.69, 9.17) is 12.8 Å². The van der Waals surface area contributed by atoms with Crippen molar-refractivity contribution in [3.05, 3.63) is 128 Å². The first kappa shape index (κ1) is 32.8. The predicted molar refractivity (Wildman–Crippen MR) is 161 cm³/mol. The van der Waals surface area contributed by atoms with Crippen molar-refractivity contribution < 1.29 is 55.7 Å². The van der Waals surface area contributed by atoms with Gasteiger partial charge in [-0.25, -0.2) is 0 Å². The van der Waals surface area contributed by atoms with Gasteiger partial charge >= 0.3 is 12.4 Å². The summed E-state index contributed by atoms with van der Waals surface area (Å²) in [6, 6.07) is 9.57. The molecule has 49 heavy (non-hydrogen) atoms. The molecule has 0 aromatic heterocycles. The highest BCUT2D eigenvalue weighted by Gasteiger charge is 2.73. The standard InChI is InChI=1S/C37H18F6O6/c1-3-17-5-9-21-23(13-17)33(48)29(31(21)46)25-15-19(7-11-27(25)44)35(36(38,39)40,37(41,42)43)20-8-12-28(45)26(16-20)30-32(47)22-10-6-18(4-2)14-24(22)34(30)49/h1-2,5-16,29-30,44-45H. The van der Waals surface area contributed by atoms with Crippen LogP contribution in [0.15, 0.2) is 72.8 Å². The minimum atomic E-state index is -6.21. The van der Waals surface area contributed by atoms with E-state index in [1.165, 1.54) is 36.4 Å². The number of Topliss-reactive ketones (excluding diaryl/α,β-unsaturated/α-hetero) is 4. The number of halogens is 6. The van der Waals surface area contributed by atoms with E-state index in [9.17, 15) is 29.4 Å². The van der Waals surface area contributed by atoms with Gasteiger partial charge in [-0.05, 0) is 71.8 Å². The Kier molecular flexibility index (Phi) is 7.33. The number of fused-ring (bicyclic) bond motifs is 2. The van der Waals surface area contributed by atoms with Gasteiger partial charge in [0.15, 0.2) is 23.1 Å². The zero-order valence-electron chi connectivity index (χ0n) is 24.5. The highest BCUT2D eigenvalue weighted by Crippen LogP contribution is 2.58.